The quantitative estimate of drug-likeness (QED) is 0.376. The topological polar surface area (TPSA) is 55.1 Å². The number of nitrogens with zero attached hydrogens (tertiary/aromatic N) is 1. The zero-order valence-electron chi connectivity index (χ0n) is 13.1. The number of halogens is 1. The number of fused-ring (bicyclic) bond motifs is 1. The number of thiocarbonyl (C=S) groups is 1. The summed E-state index contributed by atoms with van der Waals surface area (Å²) >= 11 is 12.2. The second-order valence-electron chi connectivity index (χ2n) is 5.37. The highest BCUT2D eigenvalue weighted by Crippen LogP contribution is 2.29. The van der Waals surface area contributed by atoms with Gasteiger partial charge in [0.05, 0.1) is 10.5 Å². The van der Waals surface area contributed by atoms with Crippen LogP contribution in [0.4, 0.5) is 0 Å². The maximum atomic E-state index is 11.8. The van der Waals surface area contributed by atoms with Gasteiger partial charge < -0.3 is 9.73 Å². The molecular weight excluding hydrogens is 388 g/mol. The Kier molecular flexibility index (Phi) is 4.51. The first-order valence-electron chi connectivity index (χ1n) is 7.48. The Labute approximate surface area is 163 Å². The lowest BCUT2D eigenvalue weighted by molar-refractivity contribution is -0.115. The fourth-order valence-electron chi connectivity index (χ4n) is 2.40. The Balaban J connectivity index is 1.72. The SMILES string of the molecule is O=C1NC(=S)SC1=Cc1cc2cncc(C#Cc3cccc(Cl)c3)c2o1. The van der Waals surface area contributed by atoms with Crippen molar-refractivity contribution in [2.24, 2.45) is 0 Å². The number of nitrogens with one attached hydrogen (secondary N) is 1. The molecule has 1 N–H and O–H groups in total. The molecule has 1 amide bonds. The summed E-state index contributed by atoms with van der Waals surface area (Å²) in [5, 5.41) is 4.01. The summed E-state index contributed by atoms with van der Waals surface area (Å²) in [5.41, 5.74) is 2.08. The lowest BCUT2D eigenvalue weighted by Crippen LogP contribution is -2.17. The minimum Gasteiger partial charge on any atom is -0.455 e. The molecule has 1 aliphatic heterocycles. The van der Waals surface area contributed by atoms with Crippen LogP contribution in [0.5, 0.6) is 0 Å². The van der Waals surface area contributed by atoms with Crippen molar-refractivity contribution in [3.8, 4) is 11.8 Å². The van der Waals surface area contributed by atoms with Gasteiger partial charge in [0.2, 0.25) is 0 Å². The fraction of sp³-hybridized carbons (Fsp3) is 0. The molecule has 0 saturated carbocycles. The summed E-state index contributed by atoms with van der Waals surface area (Å²) in [5.74, 6) is 6.44. The number of hydrogen-bond donors (Lipinski definition) is 1. The highest BCUT2D eigenvalue weighted by molar-refractivity contribution is 8.26. The number of rotatable bonds is 1. The van der Waals surface area contributed by atoms with E-state index in [4.69, 9.17) is 28.2 Å². The minimum atomic E-state index is -0.223. The number of carbonyl (C=O) groups excluding carboxylic acids is 1. The number of thioether (sulfide) groups is 1. The van der Waals surface area contributed by atoms with E-state index in [2.05, 4.69) is 22.1 Å². The van der Waals surface area contributed by atoms with Crippen molar-refractivity contribution < 1.29 is 9.21 Å². The van der Waals surface area contributed by atoms with E-state index in [1.807, 2.05) is 18.2 Å². The lowest BCUT2D eigenvalue weighted by atomic mass is 10.2. The zero-order chi connectivity index (χ0) is 18.1. The largest absolute Gasteiger partial charge is 0.455 e. The van der Waals surface area contributed by atoms with E-state index >= 15 is 0 Å². The standard InChI is InChI=1S/C19H9ClN2O2S2/c20-14-3-1-2-11(6-14)4-5-12-9-21-10-13-7-15(24-17(12)13)8-16-18(23)22-19(25)26-16/h1-3,6-10H,(H,22,23,25). The van der Waals surface area contributed by atoms with Crippen molar-refractivity contribution in [2.45, 2.75) is 0 Å². The van der Waals surface area contributed by atoms with Crippen LogP contribution in [-0.4, -0.2) is 15.2 Å². The predicted molar refractivity (Wildman–Crippen MR) is 108 cm³/mol. The molecule has 0 radical (unpaired) electrons. The van der Waals surface area contributed by atoms with Gasteiger partial charge in [-0.15, -0.1) is 0 Å². The fourth-order valence-corrected chi connectivity index (χ4v) is 3.61. The molecular formula is C19H9ClN2O2S2. The van der Waals surface area contributed by atoms with Crippen molar-refractivity contribution in [2.75, 3.05) is 0 Å². The molecule has 1 fully saturated rings. The number of benzene rings is 1. The van der Waals surface area contributed by atoms with E-state index in [0.29, 0.717) is 31.2 Å². The Morgan fingerprint density at radius 1 is 1.27 bits per heavy atom. The molecule has 7 heteroatoms. The molecule has 0 aliphatic carbocycles. The van der Waals surface area contributed by atoms with Crippen LogP contribution in [-0.2, 0) is 4.79 Å². The average molecular weight is 397 g/mol. The van der Waals surface area contributed by atoms with E-state index in [0.717, 1.165) is 10.9 Å². The van der Waals surface area contributed by atoms with Crippen LogP contribution in [0.3, 0.4) is 0 Å². The first-order chi connectivity index (χ1) is 12.6. The normalized spacial score (nSPS) is 15.2. The van der Waals surface area contributed by atoms with Crippen molar-refractivity contribution in [1.29, 1.82) is 0 Å². The van der Waals surface area contributed by atoms with E-state index in [1.54, 1.807) is 30.6 Å². The molecule has 1 saturated heterocycles. The van der Waals surface area contributed by atoms with Crippen molar-refractivity contribution in [1.82, 2.24) is 10.3 Å². The van der Waals surface area contributed by atoms with Crippen molar-refractivity contribution in [3.63, 3.8) is 0 Å². The van der Waals surface area contributed by atoms with E-state index < -0.39 is 0 Å². The van der Waals surface area contributed by atoms with Gasteiger partial charge in [-0.2, -0.15) is 0 Å². The van der Waals surface area contributed by atoms with Crippen LogP contribution in [0.25, 0.3) is 17.0 Å². The molecule has 3 aromatic rings. The van der Waals surface area contributed by atoms with Crippen LogP contribution in [0.1, 0.15) is 16.9 Å². The van der Waals surface area contributed by atoms with Gasteiger partial charge in [0.25, 0.3) is 5.91 Å². The zero-order valence-corrected chi connectivity index (χ0v) is 15.5. The van der Waals surface area contributed by atoms with Crippen molar-refractivity contribution >= 4 is 62.9 Å². The van der Waals surface area contributed by atoms with Crippen LogP contribution in [0.15, 0.2) is 52.0 Å². The number of carbonyl (C=O) groups is 1. The van der Waals surface area contributed by atoms with Gasteiger partial charge in [-0.3, -0.25) is 9.78 Å². The summed E-state index contributed by atoms with van der Waals surface area (Å²) in [7, 11) is 0. The molecule has 126 valence electrons. The molecule has 3 heterocycles. The molecule has 1 aromatic carbocycles. The molecule has 1 aliphatic rings. The Bertz CT molecular complexity index is 1160. The second-order valence-corrected chi connectivity index (χ2v) is 7.52. The average Bonchev–Trinajstić information content (AvgIpc) is 3.15. The molecule has 0 bridgehead atoms. The molecule has 26 heavy (non-hydrogen) atoms. The van der Waals surface area contributed by atoms with Crippen LogP contribution in [0, 0.1) is 11.8 Å². The summed E-state index contributed by atoms with van der Waals surface area (Å²) in [6.07, 6.45) is 5.00. The Morgan fingerprint density at radius 3 is 2.92 bits per heavy atom. The maximum absolute atomic E-state index is 11.8. The summed E-state index contributed by atoms with van der Waals surface area (Å²) in [6.45, 7) is 0. The Hall–Kier alpha value is -2.59. The van der Waals surface area contributed by atoms with Gasteiger partial charge in [0, 0.05) is 34.4 Å². The van der Waals surface area contributed by atoms with Gasteiger partial charge in [-0.25, -0.2) is 0 Å². The predicted octanol–water partition coefficient (Wildman–Crippen LogP) is 4.37. The third kappa shape index (κ3) is 3.51. The van der Waals surface area contributed by atoms with Crippen LogP contribution < -0.4 is 5.32 Å². The van der Waals surface area contributed by atoms with Crippen LogP contribution in [0.2, 0.25) is 5.02 Å². The first kappa shape index (κ1) is 16.9. The molecule has 0 unspecified atom stereocenters. The molecule has 0 atom stereocenters. The van der Waals surface area contributed by atoms with E-state index in [9.17, 15) is 4.79 Å². The van der Waals surface area contributed by atoms with E-state index in [-0.39, 0.29) is 5.91 Å². The smallest absolute Gasteiger partial charge is 0.263 e. The lowest BCUT2D eigenvalue weighted by Gasteiger charge is -1.93. The van der Waals surface area contributed by atoms with Crippen molar-refractivity contribution in [3.05, 3.63) is 69.5 Å². The number of hydrogen-bond acceptors (Lipinski definition) is 5. The highest BCUT2D eigenvalue weighted by atomic mass is 35.5. The third-order valence-electron chi connectivity index (χ3n) is 3.52. The summed E-state index contributed by atoms with van der Waals surface area (Å²) in [4.78, 5) is 16.5. The maximum Gasteiger partial charge on any atom is 0.263 e. The Morgan fingerprint density at radius 2 is 2.15 bits per heavy atom. The van der Waals surface area contributed by atoms with Gasteiger partial charge in [-0.05, 0) is 24.3 Å². The third-order valence-corrected chi connectivity index (χ3v) is 4.92. The molecule has 4 rings (SSSR count). The number of aromatic nitrogens is 1. The first-order valence-corrected chi connectivity index (χ1v) is 9.09. The molecule has 4 nitrogen and oxygen atoms in total. The number of pyridine rings is 1. The van der Waals surface area contributed by atoms with Gasteiger partial charge >= 0.3 is 0 Å². The molecule has 0 spiro atoms. The second kappa shape index (κ2) is 6.96. The highest BCUT2D eigenvalue weighted by Gasteiger charge is 2.22. The number of furan rings is 1. The summed E-state index contributed by atoms with van der Waals surface area (Å²) < 4.78 is 6.31. The summed E-state index contributed by atoms with van der Waals surface area (Å²) in [6, 6.07) is 9.12. The molecule has 2 aromatic heterocycles. The monoisotopic (exact) mass is 396 g/mol. The van der Waals surface area contributed by atoms with Gasteiger partial charge in [0.1, 0.15) is 10.1 Å². The van der Waals surface area contributed by atoms with Gasteiger partial charge in [-0.1, -0.05) is 53.5 Å². The van der Waals surface area contributed by atoms with E-state index in [1.165, 1.54) is 11.8 Å². The van der Waals surface area contributed by atoms with Crippen LogP contribution >= 0.6 is 35.6 Å². The van der Waals surface area contributed by atoms with Gasteiger partial charge in [0.15, 0.2) is 5.58 Å². The number of amides is 1. The minimum absolute atomic E-state index is 0.223.